The maximum Gasteiger partial charge on any atom is 0.193 e. The van der Waals surface area contributed by atoms with Crippen molar-refractivity contribution in [3.05, 3.63) is 12.2 Å². The van der Waals surface area contributed by atoms with Crippen LogP contribution in [0.5, 0.6) is 0 Å². The van der Waals surface area contributed by atoms with Gasteiger partial charge in [0.25, 0.3) is 0 Å². The molecule has 3 rings (SSSR count). The van der Waals surface area contributed by atoms with Gasteiger partial charge in [0.1, 0.15) is 0 Å². The third-order valence-electron chi connectivity index (χ3n) is 5.31. The molecule has 1 N–H and O–H groups in total. The first kappa shape index (κ1) is 18.7. The first-order valence-electron chi connectivity index (χ1n) is 9.55. The highest BCUT2D eigenvalue weighted by molar-refractivity contribution is 7.91. The van der Waals surface area contributed by atoms with Crippen molar-refractivity contribution in [3.63, 3.8) is 0 Å². The number of aliphatic imine (C=N–C) groups is 1. The van der Waals surface area contributed by atoms with Crippen molar-refractivity contribution in [1.82, 2.24) is 15.1 Å². The van der Waals surface area contributed by atoms with E-state index in [1.165, 1.54) is 6.42 Å². The Bertz CT molecular complexity index is 607. The van der Waals surface area contributed by atoms with Crippen LogP contribution in [0.1, 0.15) is 26.7 Å². The second kappa shape index (κ2) is 8.08. The molecule has 0 radical (unpaired) electrons. The molecule has 3 aliphatic heterocycles. The van der Waals surface area contributed by atoms with Gasteiger partial charge in [-0.1, -0.05) is 26.0 Å². The first-order valence-corrected chi connectivity index (χ1v) is 11.4. The van der Waals surface area contributed by atoms with Gasteiger partial charge in [-0.05, 0) is 24.7 Å². The fourth-order valence-electron chi connectivity index (χ4n) is 3.83. The maximum atomic E-state index is 11.7. The molecule has 0 saturated carbocycles. The third kappa shape index (κ3) is 5.20. The summed E-state index contributed by atoms with van der Waals surface area (Å²) in [6.45, 7) is 10.0. The summed E-state index contributed by atoms with van der Waals surface area (Å²) in [6.07, 6.45) is 6.43. The van der Waals surface area contributed by atoms with Crippen molar-refractivity contribution >= 4 is 15.8 Å². The van der Waals surface area contributed by atoms with Crippen LogP contribution in [-0.2, 0) is 9.84 Å². The van der Waals surface area contributed by atoms with Gasteiger partial charge in [0.05, 0.1) is 11.5 Å². The Hall–Kier alpha value is -1.08. The van der Waals surface area contributed by atoms with Crippen molar-refractivity contribution in [2.75, 3.05) is 50.8 Å². The lowest BCUT2D eigenvalue weighted by atomic mass is 10.1. The number of guanidine groups is 1. The van der Waals surface area contributed by atoms with Gasteiger partial charge >= 0.3 is 0 Å². The highest BCUT2D eigenvalue weighted by atomic mass is 32.2. The highest BCUT2D eigenvalue weighted by Gasteiger charge is 2.31. The molecule has 142 valence electrons. The second-order valence-corrected chi connectivity index (χ2v) is 10.3. The minimum absolute atomic E-state index is 0.218. The molecule has 0 bridgehead atoms. The van der Waals surface area contributed by atoms with Gasteiger partial charge < -0.3 is 10.2 Å². The quantitative estimate of drug-likeness (QED) is 0.445. The summed E-state index contributed by atoms with van der Waals surface area (Å²) in [5, 5.41) is 3.49. The van der Waals surface area contributed by atoms with Gasteiger partial charge in [0, 0.05) is 45.3 Å². The summed E-state index contributed by atoms with van der Waals surface area (Å²) in [5.41, 5.74) is 0. The fraction of sp³-hybridized carbons (Fsp3) is 0.833. The lowest BCUT2D eigenvalue weighted by molar-refractivity contribution is 0.259. The van der Waals surface area contributed by atoms with E-state index in [1.54, 1.807) is 0 Å². The molecular formula is C18H32N4O2S. The van der Waals surface area contributed by atoms with Crippen LogP contribution in [-0.4, -0.2) is 81.0 Å². The van der Waals surface area contributed by atoms with Gasteiger partial charge in [0.2, 0.25) is 0 Å². The molecule has 0 aromatic carbocycles. The van der Waals surface area contributed by atoms with E-state index in [-0.39, 0.29) is 5.92 Å². The molecule has 6 nitrogen and oxygen atoms in total. The molecule has 2 saturated heterocycles. The molecule has 3 heterocycles. The molecule has 2 unspecified atom stereocenters. The number of sulfone groups is 1. The van der Waals surface area contributed by atoms with E-state index < -0.39 is 9.84 Å². The largest absolute Gasteiger partial charge is 0.356 e. The molecule has 2 fully saturated rings. The van der Waals surface area contributed by atoms with Crippen molar-refractivity contribution < 1.29 is 8.42 Å². The Morgan fingerprint density at radius 2 is 2.04 bits per heavy atom. The second-order valence-electron chi connectivity index (χ2n) is 8.02. The maximum absolute atomic E-state index is 11.7. The van der Waals surface area contributed by atoms with Gasteiger partial charge in [0.15, 0.2) is 15.8 Å². The van der Waals surface area contributed by atoms with E-state index in [0.29, 0.717) is 30.0 Å². The molecule has 25 heavy (non-hydrogen) atoms. The summed E-state index contributed by atoms with van der Waals surface area (Å²) in [6, 6.07) is 0.591. The summed E-state index contributed by atoms with van der Waals surface area (Å²) in [7, 11) is -2.82. The summed E-state index contributed by atoms with van der Waals surface area (Å²) >= 11 is 0. The number of hydrogen-bond acceptors (Lipinski definition) is 4. The SMILES string of the molecule is CC(C)CN=C(NCC1CCS(=O)(=O)C1)N1CCC(N2CC=CC2)C1. The number of hydrogen-bond donors (Lipinski definition) is 1. The molecule has 2 atom stereocenters. The number of nitrogens with one attached hydrogen (secondary N) is 1. The molecule has 0 amide bonds. The van der Waals surface area contributed by atoms with Crippen LogP contribution in [0.2, 0.25) is 0 Å². The van der Waals surface area contributed by atoms with E-state index in [2.05, 4.69) is 41.1 Å². The van der Waals surface area contributed by atoms with Crippen LogP contribution < -0.4 is 5.32 Å². The van der Waals surface area contributed by atoms with Crippen LogP contribution in [0.4, 0.5) is 0 Å². The third-order valence-corrected chi connectivity index (χ3v) is 7.14. The van der Waals surface area contributed by atoms with Crippen LogP contribution in [0.25, 0.3) is 0 Å². The normalized spacial score (nSPS) is 29.9. The Balaban J connectivity index is 1.57. The average Bonchev–Trinajstić information content (AvgIpc) is 3.26. The number of rotatable bonds is 5. The molecule has 7 heteroatoms. The van der Waals surface area contributed by atoms with Crippen LogP contribution >= 0.6 is 0 Å². The van der Waals surface area contributed by atoms with Crippen molar-refractivity contribution in [2.45, 2.75) is 32.7 Å². The average molecular weight is 369 g/mol. The van der Waals surface area contributed by atoms with E-state index in [4.69, 9.17) is 4.99 Å². The minimum Gasteiger partial charge on any atom is -0.356 e. The van der Waals surface area contributed by atoms with E-state index >= 15 is 0 Å². The lowest BCUT2D eigenvalue weighted by Crippen LogP contribution is -2.44. The summed E-state index contributed by atoms with van der Waals surface area (Å²) in [5.74, 6) is 2.36. The Morgan fingerprint density at radius 3 is 2.68 bits per heavy atom. The number of nitrogens with zero attached hydrogens (tertiary/aromatic N) is 3. The van der Waals surface area contributed by atoms with Crippen molar-refractivity contribution in [1.29, 1.82) is 0 Å². The van der Waals surface area contributed by atoms with Crippen molar-refractivity contribution in [3.8, 4) is 0 Å². The van der Waals surface area contributed by atoms with Crippen LogP contribution in [0.3, 0.4) is 0 Å². The molecular weight excluding hydrogens is 336 g/mol. The molecule has 0 aliphatic carbocycles. The van der Waals surface area contributed by atoms with Gasteiger partial charge in [-0.2, -0.15) is 0 Å². The predicted octanol–water partition coefficient (Wildman–Crippen LogP) is 0.969. The van der Waals surface area contributed by atoms with E-state index in [9.17, 15) is 8.42 Å². The number of likely N-dealkylation sites (tertiary alicyclic amines) is 1. The summed E-state index contributed by atoms with van der Waals surface area (Å²) < 4.78 is 23.3. The molecule has 0 spiro atoms. The summed E-state index contributed by atoms with van der Waals surface area (Å²) in [4.78, 5) is 9.68. The highest BCUT2D eigenvalue weighted by Crippen LogP contribution is 2.20. The fourth-order valence-corrected chi connectivity index (χ4v) is 5.69. The topological polar surface area (TPSA) is 65.0 Å². The first-order chi connectivity index (χ1) is 11.9. The van der Waals surface area contributed by atoms with E-state index in [1.807, 2.05) is 0 Å². The zero-order valence-electron chi connectivity index (χ0n) is 15.5. The molecule has 0 aromatic rings. The Morgan fingerprint density at radius 1 is 1.28 bits per heavy atom. The van der Waals surface area contributed by atoms with Gasteiger partial charge in [-0.15, -0.1) is 0 Å². The van der Waals surface area contributed by atoms with Crippen LogP contribution in [0, 0.1) is 11.8 Å². The van der Waals surface area contributed by atoms with Crippen molar-refractivity contribution in [2.24, 2.45) is 16.8 Å². The van der Waals surface area contributed by atoms with Gasteiger partial charge in [-0.25, -0.2) is 8.42 Å². The standard InChI is InChI=1S/C18H32N4O2S/c1-15(2)11-19-18(20-12-16-6-10-25(23,24)14-16)22-9-5-17(13-22)21-7-3-4-8-21/h3-4,15-17H,5-14H2,1-2H3,(H,19,20). The zero-order valence-corrected chi connectivity index (χ0v) is 16.3. The smallest absolute Gasteiger partial charge is 0.193 e. The minimum atomic E-state index is -2.82. The van der Waals surface area contributed by atoms with Crippen LogP contribution in [0.15, 0.2) is 17.1 Å². The molecule has 0 aromatic heterocycles. The zero-order chi connectivity index (χ0) is 17.9. The molecule has 3 aliphatic rings. The lowest BCUT2D eigenvalue weighted by Gasteiger charge is -2.26. The predicted molar refractivity (Wildman–Crippen MR) is 103 cm³/mol. The van der Waals surface area contributed by atoms with Gasteiger partial charge in [-0.3, -0.25) is 9.89 Å². The monoisotopic (exact) mass is 368 g/mol. The van der Waals surface area contributed by atoms with E-state index in [0.717, 1.165) is 45.1 Å². The Labute approximate surface area is 152 Å². The Kier molecular flexibility index (Phi) is 6.04.